The van der Waals surface area contributed by atoms with Crippen LogP contribution in [0.2, 0.25) is 0 Å². The number of nitrogens with two attached hydrogens (primary N) is 1. The summed E-state index contributed by atoms with van der Waals surface area (Å²) in [5.41, 5.74) is 7.75. The molecular weight excluding hydrogens is 269 g/mol. The molecule has 0 aliphatic carbocycles. The van der Waals surface area contributed by atoms with Crippen LogP contribution in [0.1, 0.15) is 5.56 Å². The minimum atomic E-state index is -1.50. The molecule has 1 aromatic heterocycles. The average Bonchev–Trinajstić information content (AvgIpc) is 2.48. The van der Waals surface area contributed by atoms with Crippen molar-refractivity contribution in [3.05, 3.63) is 54.4 Å². The van der Waals surface area contributed by atoms with Crippen molar-refractivity contribution in [2.45, 2.75) is 12.5 Å². The van der Waals surface area contributed by atoms with E-state index in [1.165, 1.54) is 0 Å². The molecule has 1 atom stereocenters. The maximum absolute atomic E-state index is 12.0. The molecular formula is C14H16BN3O3. The molecule has 0 aliphatic rings. The van der Waals surface area contributed by atoms with Gasteiger partial charge in [-0.3, -0.25) is 9.78 Å². The molecule has 0 aliphatic heterocycles. The SMILES string of the molecule is N[C@@H](Cc1ccc(B(O)O)cc1)C(=O)Nc1ccncc1. The Morgan fingerprint density at radius 3 is 2.38 bits per heavy atom. The molecule has 0 unspecified atom stereocenters. The van der Waals surface area contributed by atoms with Crippen molar-refractivity contribution in [2.75, 3.05) is 5.32 Å². The third-order valence-corrected chi connectivity index (χ3v) is 3.02. The minimum Gasteiger partial charge on any atom is -0.423 e. The van der Waals surface area contributed by atoms with E-state index in [4.69, 9.17) is 15.8 Å². The number of hydrogen-bond donors (Lipinski definition) is 4. The van der Waals surface area contributed by atoms with Crippen LogP contribution in [0, 0.1) is 0 Å². The van der Waals surface area contributed by atoms with Crippen molar-refractivity contribution >= 4 is 24.2 Å². The van der Waals surface area contributed by atoms with Crippen LogP contribution in [-0.4, -0.2) is 34.1 Å². The molecule has 1 heterocycles. The van der Waals surface area contributed by atoms with Gasteiger partial charge in [-0.25, -0.2) is 0 Å². The Kier molecular flexibility index (Phi) is 5.05. The summed E-state index contributed by atoms with van der Waals surface area (Å²) in [6, 6.07) is 9.29. The number of anilines is 1. The van der Waals surface area contributed by atoms with Gasteiger partial charge < -0.3 is 21.1 Å². The monoisotopic (exact) mass is 285 g/mol. The molecule has 108 valence electrons. The number of carbonyl (C=O) groups is 1. The van der Waals surface area contributed by atoms with Crippen molar-refractivity contribution < 1.29 is 14.8 Å². The zero-order valence-corrected chi connectivity index (χ0v) is 11.3. The molecule has 0 saturated carbocycles. The smallest absolute Gasteiger partial charge is 0.423 e. The van der Waals surface area contributed by atoms with Gasteiger partial charge in [0.05, 0.1) is 6.04 Å². The molecule has 0 fully saturated rings. The average molecular weight is 285 g/mol. The molecule has 1 aromatic carbocycles. The Labute approximate surface area is 122 Å². The van der Waals surface area contributed by atoms with Gasteiger partial charge in [0.25, 0.3) is 0 Å². The molecule has 2 rings (SSSR count). The number of hydrogen-bond acceptors (Lipinski definition) is 5. The molecule has 7 heteroatoms. The molecule has 0 spiro atoms. The number of aromatic nitrogens is 1. The zero-order valence-electron chi connectivity index (χ0n) is 11.3. The highest BCUT2D eigenvalue weighted by molar-refractivity contribution is 6.58. The molecule has 2 aromatic rings. The van der Waals surface area contributed by atoms with Crippen molar-refractivity contribution in [3.8, 4) is 0 Å². The van der Waals surface area contributed by atoms with E-state index in [0.29, 0.717) is 17.6 Å². The summed E-state index contributed by atoms with van der Waals surface area (Å²) < 4.78 is 0. The third-order valence-electron chi connectivity index (χ3n) is 3.02. The fourth-order valence-electron chi connectivity index (χ4n) is 1.84. The number of carbonyl (C=O) groups excluding carboxylic acids is 1. The molecule has 6 nitrogen and oxygen atoms in total. The van der Waals surface area contributed by atoms with Crippen LogP contribution in [-0.2, 0) is 11.2 Å². The standard InChI is InChI=1S/C14H16BN3O3/c16-13(14(19)18-12-5-7-17-8-6-12)9-10-1-3-11(4-2-10)15(20)21/h1-8,13,20-21H,9,16H2,(H,17,18,19)/t13-/m0/s1. The van der Waals surface area contributed by atoms with Gasteiger partial charge in [-0.15, -0.1) is 0 Å². The van der Waals surface area contributed by atoms with Crippen molar-refractivity contribution in [1.29, 1.82) is 0 Å². The lowest BCUT2D eigenvalue weighted by Gasteiger charge is -2.12. The number of benzene rings is 1. The molecule has 1 amide bonds. The second kappa shape index (κ2) is 6.98. The summed E-state index contributed by atoms with van der Waals surface area (Å²) in [4.78, 5) is 15.8. The van der Waals surface area contributed by atoms with Gasteiger partial charge in [-0.2, -0.15) is 0 Å². The lowest BCUT2D eigenvalue weighted by atomic mass is 9.80. The van der Waals surface area contributed by atoms with Gasteiger partial charge in [-0.1, -0.05) is 24.3 Å². The first kappa shape index (κ1) is 15.2. The quantitative estimate of drug-likeness (QED) is 0.542. The third kappa shape index (κ3) is 4.39. The molecule has 0 saturated heterocycles. The number of rotatable bonds is 5. The largest absolute Gasteiger partial charge is 0.488 e. The number of nitrogens with zero attached hydrogens (tertiary/aromatic N) is 1. The van der Waals surface area contributed by atoms with E-state index in [2.05, 4.69) is 10.3 Å². The Balaban J connectivity index is 1.94. The van der Waals surface area contributed by atoms with Crippen LogP contribution in [0.5, 0.6) is 0 Å². The van der Waals surface area contributed by atoms with Crippen LogP contribution >= 0.6 is 0 Å². The van der Waals surface area contributed by atoms with E-state index in [-0.39, 0.29) is 5.91 Å². The Morgan fingerprint density at radius 1 is 1.19 bits per heavy atom. The van der Waals surface area contributed by atoms with Crippen LogP contribution in [0.4, 0.5) is 5.69 Å². The molecule has 0 bridgehead atoms. The molecule has 5 N–H and O–H groups in total. The van der Waals surface area contributed by atoms with Crippen molar-refractivity contribution in [3.63, 3.8) is 0 Å². The van der Waals surface area contributed by atoms with Crippen LogP contribution in [0.15, 0.2) is 48.8 Å². The predicted molar refractivity (Wildman–Crippen MR) is 80.8 cm³/mol. The zero-order chi connectivity index (χ0) is 15.2. The van der Waals surface area contributed by atoms with Gasteiger partial charge in [0.1, 0.15) is 0 Å². The Hall–Kier alpha value is -2.22. The molecule has 21 heavy (non-hydrogen) atoms. The summed E-state index contributed by atoms with van der Waals surface area (Å²) in [5, 5.41) is 20.7. The first-order chi connectivity index (χ1) is 10.1. The summed E-state index contributed by atoms with van der Waals surface area (Å²) in [5.74, 6) is -0.285. The van der Waals surface area contributed by atoms with E-state index < -0.39 is 13.2 Å². The minimum absolute atomic E-state index is 0.285. The maximum atomic E-state index is 12.0. The first-order valence-corrected chi connectivity index (χ1v) is 6.47. The van der Waals surface area contributed by atoms with Crippen LogP contribution < -0.4 is 16.5 Å². The second-order valence-corrected chi connectivity index (χ2v) is 4.65. The lowest BCUT2D eigenvalue weighted by Crippen LogP contribution is -2.37. The highest BCUT2D eigenvalue weighted by Crippen LogP contribution is 2.06. The Morgan fingerprint density at radius 2 is 1.81 bits per heavy atom. The maximum Gasteiger partial charge on any atom is 0.488 e. The topological polar surface area (TPSA) is 108 Å². The van der Waals surface area contributed by atoms with Gasteiger partial charge >= 0.3 is 7.12 Å². The predicted octanol–water partition coefficient (Wildman–Crippen LogP) is -0.730. The number of pyridine rings is 1. The molecule has 0 radical (unpaired) electrons. The summed E-state index contributed by atoms with van der Waals surface area (Å²) >= 11 is 0. The Bertz CT molecular complexity index is 590. The fourth-order valence-corrected chi connectivity index (χ4v) is 1.84. The number of nitrogens with one attached hydrogen (secondary N) is 1. The van der Waals surface area contributed by atoms with Crippen LogP contribution in [0.25, 0.3) is 0 Å². The normalized spacial score (nSPS) is 11.8. The van der Waals surface area contributed by atoms with E-state index in [1.807, 2.05) is 0 Å². The van der Waals surface area contributed by atoms with Crippen molar-refractivity contribution in [1.82, 2.24) is 4.98 Å². The van der Waals surface area contributed by atoms with Gasteiger partial charge in [0.2, 0.25) is 5.91 Å². The summed E-state index contributed by atoms with van der Waals surface area (Å²) in [6.45, 7) is 0. The van der Waals surface area contributed by atoms with Crippen LogP contribution in [0.3, 0.4) is 0 Å². The fraction of sp³-hybridized carbons (Fsp3) is 0.143. The highest BCUT2D eigenvalue weighted by Gasteiger charge is 2.15. The van der Waals surface area contributed by atoms with E-state index in [1.54, 1.807) is 48.8 Å². The number of amides is 1. The van der Waals surface area contributed by atoms with E-state index in [0.717, 1.165) is 5.56 Å². The second-order valence-electron chi connectivity index (χ2n) is 4.65. The van der Waals surface area contributed by atoms with Gasteiger partial charge in [0, 0.05) is 18.1 Å². The summed E-state index contributed by atoms with van der Waals surface area (Å²) in [6.07, 6.45) is 3.53. The van der Waals surface area contributed by atoms with Gasteiger partial charge in [0.15, 0.2) is 0 Å². The highest BCUT2D eigenvalue weighted by atomic mass is 16.4. The lowest BCUT2D eigenvalue weighted by molar-refractivity contribution is -0.117. The first-order valence-electron chi connectivity index (χ1n) is 6.47. The summed E-state index contributed by atoms with van der Waals surface area (Å²) in [7, 11) is -1.50. The van der Waals surface area contributed by atoms with Gasteiger partial charge in [-0.05, 0) is 29.6 Å². The van der Waals surface area contributed by atoms with E-state index in [9.17, 15) is 4.79 Å². The van der Waals surface area contributed by atoms with Crippen molar-refractivity contribution in [2.24, 2.45) is 5.73 Å². The van der Waals surface area contributed by atoms with E-state index >= 15 is 0 Å².